The lowest BCUT2D eigenvalue weighted by atomic mass is 10.0. The molecule has 248 valence electrons. The molecule has 1 amide bonds. The van der Waals surface area contributed by atoms with E-state index >= 15 is 0 Å². The molecule has 0 saturated carbocycles. The summed E-state index contributed by atoms with van der Waals surface area (Å²) in [6.45, 7) is 3.01. The Bertz CT molecular complexity index is 2000. The van der Waals surface area contributed by atoms with E-state index in [-0.39, 0.29) is 17.8 Å². The summed E-state index contributed by atoms with van der Waals surface area (Å²) in [6, 6.07) is 20.4. The Kier molecular flexibility index (Phi) is 9.91. The molecule has 48 heavy (non-hydrogen) atoms. The highest BCUT2D eigenvalue weighted by atomic mass is 32.2. The van der Waals surface area contributed by atoms with Crippen molar-refractivity contribution in [1.29, 1.82) is 0 Å². The molecular weight excluding hydrogens is 638 g/mol. The van der Waals surface area contributed by atoms with Gasteiger partial charge >= 0.3 is 0 Å². The highest BCUT2D eigenvalue weighted by Crippen LogP contribution is 2.34. The Hall–Kier alpha value is -4.96. The van der Waals surface area contributed by atoms with Crippen LogP contribution in [0, 0.1) is 23.5 Å². The number of benzene rings is 4. The van der Waals surface area contributed by atoms with Gasteiger partial charge in [-0.3, -0.25) is 9.52 Å². The zero-order chi connectivity index (χ0) is 33.7. The number of hydrogen-bond donors (Lipinski definition) is 4. The van der Waals surface area contributed by atoms with Crippen LogP contribution in [0.2, 0.25) is 0 Å². The first-order chi connectivity index (χ1) is 23.1. The highest BCUT2D eigenvalue weighted by Gasteiger charge is 2.21. The van der Waals surface area contributed by atoms with Crippen molar-refractivity contribution in [2.75, 3.05) is 42.5 Å². The van der Waals surface area contributed by atoms with Crippen LogP contribution < -0.4 is 30.1 Å². The SMILES string of the molecule is CS(=O)(=O)Nc1cccc(C#Cc2cc(NC(=O)c3ccc(O[C@H]4CCNC4)c(-c4ccc(F)c(F)c4)c3)ccc2O[C@@H]2CCNC2)c1. The molecule has 0 aromatic heterocycles. The predicted octanol–water partition coefficient (Wildman–Crippen LogP) is 5.14. The molecule has 9 nitrogen and oxygen atoms in total. The second-order valence-electron chi connectivity index (χ2n) is 11.7. The number of hydrogen-bond acceptors (Lipinski definition) is 7. The number of halogens is 2. The Morgan fingerprint density at radius 1 is 0.812 bits per heavy atom. The highest BCUT2D eigenvalue weighted by molar-refractivity contribution is 7.92. The van der Waals surface area contributed by atoms with E-state index in [4.69, 9.17) is 9.47 Å². The quantitative estimate of drug-likeness (QED) is 0.182. The van der Waals surface area contributed by atoms with Gasteiger partial charge in [0.05, 0.1) is 11.8 Å². The van der Waals surface area contributed by atoms with Crippen LogP contribution in [0.4, 0.5) is 20.2 Å². The second-order valence-corrected chi connectivity index (χ2v) is 13.4. The molecule has 2 fully saturated rings. The molecule has 2 aliphatic heterocycles. The van der Waals surface area contributed by atoms with Gasteiger partial charge in [0.15, 0.2) is 11.6 Å². The normalized spacial score (nSPS) is 17.3. The average molecular weight is 673 g/mol. The fourth-order valence-corrected chi connectivity index (χ4v) is 6.06. The van der Waals surface area contributed by atoms with Gasteiger partial charge in [0.25, 0.3) is 5.91 Å². The summed E-state index contributed by atoms with van der Waals surface area (Å²) in [6.07, 6.45) is 2.58. The van der Waals surface area contributed by atoms with Crippen LogP contribution in [0.3, 0.4) is 0 Å². The molecule has 2 aliphatic rings. The van der Waals surface area contributed by atoms with E-state index in [9.17, 15) is 22.0 Å². The molecule has 2 heterocycles. The minimum absolute atomic E-state index is 0.0382. The molecule has 4 aromatic rings. The van der Waals surface area contributed by atoms with Crippen LogP contribution in [-0.4, -0.2) is 59.0 Å². The molecule has 0 radical (unpaired) electrons. The number of carbonyl (C=O) groups excluding carboxylic acids is 1. The third-order valence-electron chi connectivity index (χ3n) is 7.83. The standard InChI is InChI=1S/C36H34F2N4O5S/c1-48(44,45)42-28-4-2-3-23(17-28)5-6-25-18-27(9-12-34(25)46-29-13-15-39-21-29)41-36(43)26-8-11-35(47-30-14-16-40-22-30)31(19-26)24-7-10-32(37)33(38)20-24/h2-4,7-12,17-20,29-30,39-40,42H,13-16,21-22H2,1H3,(H,41,43)/t29-,30+/m1/s1. The van der Waals surface area contributed by atoms with Crippen molar-refractivity contribution < 1.29 is 31.5 Å². The summed E-state index contributed by atoms with van der Waals surface area (Å²) >= 11 is 0. The molecular formula is C36H34F2N4O5S. The van der Waals surface area contributed by atoms with Gasteiger partial charge in [-0.25, -0.2) is 17.2 Å². The van der Waals surface area contributed by atoms with Crippen molar-refractivity contribution >= 4 is 27.3 Å². The summed E-state index contributed by atoms with van der Waals surface area (Å²) in [4.78, 5) is 13.6. The van der Waals surface area contributed by atoms with Gasteiger partial charge in [0.2, 0.25) is 10.0 Å². The number of amides is 1. The van der Waals surface area contributed by atoms with Gasteiger partial charge in [0, 0.05) is 41.2 Å². The lowest BCUT2D eigenvalue weighted by Crippen LogP contribution is -2.20. The lowest BCUT2D eigenvalue weighted by Gasteiger charge is -2.18. The Morgan fingerprint density at radius 2 is 1.54 bits per heavy atom. The fourth-order valence-electron chi connectivity index (χ4n) is 5.51. The summed E-state index contributed by atoms with van der Waals surface area (Å²) in [5.41, 5.74) is 3.07. The zero-order valence-electron chi connectivity index (χ0n) is 26.1. The maximum Gasteiger partial charge on any atom is 0.255 e. The molecule has 4 aromatic carbocycles. The molecule has 0 bridgehead atoms. The van der Waals surface area contributed by atoms with E-state index in [1.54, 1.807) is 60.7 Å². The van der Waals surface area contributed by atoms with Crippen molar-refractivity contribution in [2.45, 2.75) is 25.0 Å². The molecule has 2 atom stereocenters. The Morgan fingerprint density at radius 3 is 2.23 bits per heavy atom. The number of carbonyl (C=O) groups is 1. The fraction of sp³-hybridized carbons (Fsp3) is 0.250. The maximum absolute atomic E-state index is 14.2. The number of anilines is 2. The van der Waals surface area contributed by atoms with Crippen LogP contribution in [-0.2, 0) is 10.0 Å². The largest absolute Gasteiger partial charge is 0.488 e. The van der Waals surface area contributed by atoms with E-state index < -0.39 is 27.6 Å². The Balaban J connectivity index is 1.29. The maximum atomic E-state index is 14.2. The smallest absolute Gasteiger partial charge is 0.255 e. The van der Waals surface area contributed by atoms with Crippen molar-refractivity contribution in [3.63, 3.8) is 0 Å². The molecule has 2 saturated heterocycles. The van der Waals surface area contributed by atoms with Gasteiger partial charge in [-0.15, -0.1) is 0 Å². The molecule has 0 unspecified atom stereocenters. The lowest BCUT2D eigenvalue weighted by molar-refractivity contribution is 0.102. The van der Waals surface area contributed by atoms with E-state index in [1.807, 2.05) is 0 Å². The third kappa shape index (κ3) is 8.49. The molecule has 4 N–H and O–H groups in total. The van der Waals surface area contributed by atoms with Crippen molar-refractivity contribution in [3.8, 4) is 34.5 Å². The van der Waals surface area contributed by atoms with Crippen LogP contribution >= 0.6 is 0 Å². The van der Waals surface area contributed by atoms with E-state index in [0.29, 0.717) is 58.2 Å². The van der Waals surface area contributed by atoms with Gasteiger partial charge in [-0.05, 0) is 98.2 Å². The van der Waals surface area contributed by atoms with Gasteiger partial charge < -0.3 is 25.4 Å². The summed E-state index contributed by atoms with van der Waals surface area (Å²) in [7, 11) is -3.46. The summed E-state index contributed by atoms with van der Waals surface area (Å²) in [5.74, 6) is 4.79. The van der Waals surface area contributed by atoms with Crippen LogP contribution in [0.1, 0.15) is 34.3 Å². The first-order valence-corrected chi connectivity index (χ1v) is 17.4. The van der Waals surface area contributed by atoms with Crippen LogP contribution in [0.5, 0.6) is 11.5 Å². The summed E-state index contributed by atoms with van der Waals surface area (Å²) < 4.78 is 66.3. The van der Waals surface area contributed by atoms with Gasteiger partial charge in [0.1, 0.15) is 23.7 Å². The third-order valence-corrected chi connectivity index (χ3v) is 8.44. The van der Waals surface area contributed by atoms with E-state index in [2.05, 4.69) is 32.5 Å². The molecule has 0 spiro atoms. The van der Waals surface area contributed by atoms with Gasteiger partial charge in [-0.1, -0.05) is 24.0 Å². The van der Waals surface area contributed by atoms with Crippen LogP contribution in [0.15, 0.2) is 78.9 Å². The molecule has 0 aliphatic carbocycles. The number of nitrogens with one attached hydrogen (secondary N) is 4. The van der Waals surface area contributed by atoms with Crippen LogP contribution in [0.25, 0.3) is 11.1 Å². The van der Waals surface area contributed by atoms with Crippen molar-refractivity contribution in [1.82, 2.24) is 10.6 Å². The van der Waals surface area contributed by atoms with Crippen molar-refractivity contribution in [2.24, 2.45) is 0 Å². The zero-order valence-corrected chi connectivity index (χ0v) is 26.9. The summed E-state index contributed by atoms with van der Waals surface area (Å²) in [5, 5.41) is 9.42. The van der Waals surface area contributed by atoms with E-state index in [1.165, 1.54) is 6.07 Å². The first-order valence-electron chi connectivity index (χ1n) is 15.5. The minimum atomic E-state index is -3.46. The van der Waals surface area contributed by atoms with E-state index in [0.717, 1.165) is 44.3 Å². The first kappa shape index (κ1) is 33.0. The number of rotatable bonds is 9. The topological polar surface area (TPSA) is 118 Å². The minimum Gasteiger partial charge on any atom is -0.488 e. The molecule has 6 rings (SSSR count). The van der Waals surface area contributed by atoms with Crippen molar-refractivity contribution in [3.05, 3.63) is 107 Å². The Labute approximate surface area is 278 Å². The monoisotopic (exact) mass is 672 g/mol. The average Bonchev–Trinajstić information content (AvgIpc) is 3.77. The second kappa shape index (κ2) is 14.4. The molecule has 12 heteroatoms. The predicted molar refractivity (Wildman–Crippen MR) is 181 cm³/mol. The number of ether oxygens (including phenoxy) is 2. The number of sulfonamides is 1. The van der Waals surface area contributed by atoms with Gasteiger partial charge in [-0.2, -0.15) is 0 Å².